The summed E-state index contributed by atoms with van der Waals surface area (Å²) in [6.45, 7) is 1.38. The van der Waals surface area contributed by atoms with Crippen molar-refractivity contribution in [2.75, 3.05) is 39.2 Å². The third kappa shape index (κ3) is 3.63. The van der Waals surface area contributed by atoms with E-state index in [1.807, 2.05) is 0 Å². The van der Waals surface area contributed by atoms with E-state index in [0.29, 0.717) is 38.2 Å². The van der Waals surface area contributed by atoms with Gasteiger partial charge in [-0.3, -0.25) is 4.79 Å². The van der Waals surface area contributed by atoms with Crippen LogP contribution in [0, 0.1) is 5.82 Å². The highest BCUT2D eigenvalue weighted by Gasteiger charge is 2.24. The average Bonchev–Trinajstić information content (AvgIpc) is 2.54. The van der Waals surface area contributed by atoms with Crippen molar-refractivity contribution >= 4 is 16.3 Å². The summed E-state index contributed by atoms with van der Waals surface area (Å²) in [6, 6.07) is 2.90. The first-order valence-corrected chi connectivity index (χ1v) is 8.46. The molecule has 1 heterocycles. The molecule has 122 valence electrons. The Morgan fingerprint density at radius 1 is 1.36 bits per heavy atom. The van der Waals surface area contributed by atoms with Crippen LogP contribution in [-0.2, 0) is 21.2 Å². The molecule has 6 nitrogen and oxygen atoms in total. The number of hydrogen-bond donors (Lipinski definition) is 0. The SMILES string of the molecule is COc1ccc(CCS(=O)(=O)N2CCOCC2)c(C=O)c1F. The Balaban J connectivity index is 2.14. The fraction of sp³-hybridized carbons (Fsp3) is 0.500. The molecule has 0 spiro atoms. The van der Waals surface area contributed by atoms with E-state index in [4.69, 9.17) is 9.47 Å². The maximum Gasteiger partial charge on any atom is 0.214 e. The number of methoxy groups -OCH3 is 1. The van der Waals surface area contributed by atoms with Crippen molar-refractivity contribution in [2.45, 2.75) is 6.42 Å². The van der Waals surface area contributed by atoms with Gasteiger partial charge in [0.05, 0.1) is 31.6 Å². The second-order valence-corrected chi connectivity index (χ2v) is 6.94. The third-order valence-electron chi connectivity index (χ3n) is 3.57. The zero-order chi connectivity index (χ0) is 16.2. The molecule has 0 saturated carbocycles. The van der Waals surface area contributed by atoms with Crippen LogP contribution in [0.5, 0.6) is 5.75 Å². The summed E-state index contributed by atoms with van der Waals surface area (Å²) in [5, 5.41) is 0. The van der Waals surface area contributed by atoms with Crippen LogP contribution in [0.4, 0.5) is 4.39 Å². The van der Waals surface area contributed by atoms with Crippen molar-refractivity contribution in [3.05, 3.63) is 29.1 Å². The average molecular weight is 331 g/mol. The molecule has 0 unspecified atom stereocenters. The van der Waals surface area contributed by atoms with Crippen LogP contribution in [0.1, 0.15) is 15.9 Å². The van der Waals surface area contributed by atoms with Crippen LogP contribution in [-0.4, -0.2) is 58.2 Å². The minimum atomic E-state index is -3.45. The lowest BCUT2D eigenvalue weighted by Crippen LogP contribution is -2.42. The summed E-state index contributed by atoms with van der Waals surface area (Å²) in [5.41, 5.74) is 0.196. The molecule has 0 aliphatic carbocycles. The second kappa shape index (κ2) is 7.17. The maximum atomic E-state index is 14.0. The summed E-state index contributed by atoms with van der Waals surface area (Å²) in [7, 11) is -2.15. The van der Waals surface area contributed by atoms with E-state index in [-0.39, 0.29) is 23.5 Å². The molecule has 1 saturated heterocycles. The summed E-state index contributed by atoms with van der Waals surface area (Å²) < 4.78 is 49.7. The minimum Gasteiger partial charge on any atom is -0.494 e. The Hall–Kier alpha value is -1.51. The van der Waals surface area contributed by atoms with Crippen molar-refractivity contribution in [3.63, 3.8) is 0 Å². The number of morpholine rings is 1. The van der Waals surface area contributed by atoms with Crippen molar-refractivity contribution in [3.8, 4) is 5.75 Å². The maximum absolute atomic E-state index is 14.0. The molecule has 2 rings (SSSR count). The zero-order valence-electron chi connectivity index (χ0n) is 12.2. The molecule has 1 aliphatic heterocycles. The third-order valence-corrected chi connectivity index (χ3v) is 5.44. The molecule has 0 N–H and O–H groups in total. The van der Waals surface area contributed by atoms with Crippen LogP contribution < -0.4 is 4.74 Å². The Morgan fingerprint density at radius 3 is 2.64 bits per heavy atom. The highest BCUT2D eigenvalue weighted by molar-refractivity contribution is 7.89. The van der Waals surface area contributed by atoms with Gasteiger partial charge in [0.25, 0.3) is 0 Å². The quantitative estimate of drug-likeness (QED) is 0.723. The van der Waals surface area contributed by atoms with Gasteiger partial charge in [0, 0.05) is 13.1 Å². The number of ether oxygens (including phenoxy) is 2. The minimum absolute atomic E-state index is 0.0399. The predicted octanol–water partition coefficient (Wildman–Crippen LogP) is 0.851. The normalized spacial score (nSPS) is 16.5. The zero-order valence-corrected chi connectivity index (χ0v) is 13.1. The fourth-order valence-electron chi connectivity index (χ4n) is 2.31. The Morgan fingerprint density at radius 2 is 2.05 bits per heavy atom. The molecule has 0 radical (unpaired) electrons. The number of hydrogen-bond acceptors (Lipinski definition) is 5. The molecule has 0 amide bonds. The van der Waals surface area contributed by atoms with Crippen LogP contribution in [0.2, 0.25) is 0 Å². The summed E-state index contributed by atoms with van der Waals surface area (Å²) in [4.78, 5) is 11.1. The first-order chi connectivity index (χ1) is 10.5. The molecule has 0 bridgehead atoms. The van der Waals surface area contributed by atoms with Gasteiger partial charge < -0.3 is 9.47 Å². The number of carbonyl (C=O) groups excluding carboxylic acids is 1. The lowest BCUT2D eigenvalue weighted by Gasteiger charge is -2.26. The van der Waals surface area contributed by atoms with Gasteiger partial charge in [0.1, 0.15) is 0 Å². The number of aryl methyl sites for hydroxylation is 1. The van der Waals surface area contributed by atoms with Gasteiger partial charge >= 0.3 is 0 Å². The largest absolute Gasteiger partial charge is 0.494 e. The van der Waals surface area contributed by atoms with Crippen LogP contribution in [0.25, 0.3) is 0 Å². The number of halogens is 1. The van der Waals surface area contributed by atoms with E-state index in [2.05, 4.69) is 0 Å². The van der Waals surface area contributed by atoms with Crippen LogP contribution in [0.3, 0.4) is 0 Å². The number of aldehydes is 1. The van der Waals surface area contributed by atoms with E-state index >= 15 is 0 Å². The highest BCUT2D eigenvalue weighted by atomic mass is 32.2. The lowest BCUT2D eigenvalue weighted by atomic mass is 10.1. The molecular formula is C14H18FNO5S. The van der Waals surface area contributed by atoms with Gasteiger partial charge in [-0.2, -0.15) is 4.31 Å². The number of nitrogens with zero attached hydrogens (tertiary/aromatic N) is 1. The van der Waals surface area contributed by atoms with Crippen molar-refractivity contribution < 1.29 is 27.1 Å². The molecule has 1 aromatic rings. The summed E-state index contributed by atoms with van der Waals surface area (Å²) in [5.74, 6) is -0.986. The summed E-state index contributed by atoms with van der Waals surface area (Å²) in [6.07, 6.45) is 0.448. The number of rotatable bonds is 6. The molecule has 0 aromatic heterocycles. The topological polar surface area (TPSA) is 72.9 Å². The molecule has 22 heavy (non-hydrogen) atoms. The monoisotopic (exact) mass is 331 g/mol. The number of benzene rings is 1. The van der Waals surface area contributed by atoms with Gasteiger partial charge in [-0.15, -0.1) is 0 Å². The Kier molecular flexibility index (Phi) is 5.49. The lowest BCUT2D eigenvalue weighted by molar-refractivity contribution is 0.0730. The molecule has 1 aromatic carbocycles. The van der Waals surface area contributed by atoms with Crippen molar-refractivity contribution in [2.24, 2.45) is 0 Å². The van der Waals surface area contributed by atoms with Crippen molar-refractivity contribution in [1.29, 1.82) is 0 Å². The number of carbonyl (C=O) groups is 1. The van der Waals surface area contributed by atoms with E-state index in [0.717, 1.165) is 0 Å². The van der Waals surface area contributed by atoms with Gasteiger partial charge in [0.15, 0.2) is 17.9 Å². The van der Waals surface area contributed by atoms with E-state index in [1.54, 1.807) is 0 Å². The Bertz CT molecular complexity index is 641. The van der Waals surface area contributed by atoms with Gasteiger partial charge in [0.2, 0.25) is 10.0 Å². The Labute approximate surface area is 128 Å². The van der Waals surface area contributed by atoms with Crippen LogP contribution in [0.15, 0.2) is 12.1 Å². The first-order valence-electron chi connectivity index (χ1n) is 6.85. The highest BCUT2D eigenvalue weighted by Crippen LogP contribution is 2.23. The first kappa shape index (κ1) is 16.9. The standard InChI is InChI=1S/C14H18FNO5S/c1-20-13-3-2-11(12(10-17)14(13)15)4-9-22(18,19)16-5-7-21-8-6-16/h2-3,10H,4-9H2,1H3. The fourth-order valence-corrected chi connectivity index (χ4v) is 3.75. The van der Waals surface area contributed by atoms with Crippen LogP contribution >= 0.6 is 0 Å². The van der Waals surface area contributed by atoms with Gasteiger partial charge in [-0.25, -0.2) is 12.8 Å². The van der Waals surface area contributed by atoms with E-state index < -0.39 is 15.8 Å². The smallest absolute Gasteiger partial charge is 0.214 e. The molecular weight excluding hydrogens is 313 g/mol. The predicted molar refractivity (Wildman–Crippen MR) is 78.2 cm³/mol. The van der Waals surface area contributed by atoms with Gasteiger partial charge in [-0.1, -0.05) is 6.07 Å². The van der Waals surface area contributed by atoms with Gasteiger partial charge in [-0.05, 0) is 18.1 Å². The number of sulfonamides is 1. The molecule has 8 heteroatoms. The summed E-state index contributed by atoms with van der Waals surface area (Å²) >= 11 is 0. The molecule has 1 aliphatic rings. The van der Waals surface area contributed by atoms with E-state index in [9.17, 15) is 17.6 Å². The van der Waals surface area contributed by atoms with Crippen molar-refractivity contribution in [1.82, 2.24) is 4.31 Å². The molecule has 0 atom stereocenters. The second-order valence-electron chi connectivity index (χ2n) is 4.85. The molecule has 1 fully saturated rings. The van der Waals surface area contributed by atoms with E-state index in [1.165, 1.54) is 23.5 Å².